The third-order valence-corrected chi connectivity index (χ3v) is 4.36. The molecule has 150 valence electrons. The molecule has 0 saturated heterocycles. The van der Waals surface area contributed by atoms with Crippen LogP contribution in [0.5, 0.6) is 5.75 Å². The monoisotopic (exact) mass is 394 g/mol. The summed E-state index contributed by atoms with van der Waals surface area (Å²) in [5.74, 6) is 1.17. The van der Waals surface area contributed by atoms with E-state index in [1.807, 2.05) is 24.3 Å². The highest BCUT2D eigenvalue weighted by Crippen LogP contribution is 2.17. The van der Waals surface area contributed by atoms with Gasteiger partial charge in [0.25, 0.3) is 5.91 Å². The summed E-state index contributed by atoms with van der Waals surface area (Å²) in [4.78, 5) is 21.1. The van der Waals surface area contributed by atoms with Crippen molar-refractivity contribution in [2.75, 3.05) is 19.0 Å². The average molecular weight is 394 g/mol. The second-order valence-corrected chi connectivity index (χ2v) is 6.45. The average Bonchev–Trinajstić information content (AvgIpc) is 2.73. The molecule has 1 amide bonds. The predicted molar refractivity (Wildman–Crippen MR) is 110 cm³/mol. The largest absolute Gasteiger partial charge is 0.496 e. The number of para-hydroxylation sites is 1. The maximum absolute atomic E-state index is 13.7. The molecule has 0 atom stereocenters. The molecule has 29 heavy (non-hydrogen) atoms. The van der Waals surface area contributed by atoms with Crippen LogP contribution in [0.15, 0.2) is 54.6 Å². The van der Waals surface area contributed by atoms with E-state index in [4.69, 9.17) is 4.74 Å². The standard InChI is InChI=1S/C22H23FN4O2/c1-15-26-19(22(28)25-14-17-8-4-6-10-20(17)29-2)13-21(27-15)24-12-11-16-7-3-5-9-18(16)23/h3-10,13H,11-12,14H2,1-2H3,(H,25,28)(H,24,26,27). The number of nitrogens with one attached hydrogen (secondary N) is 2. The van der Waals surface area contributed by atoms with Gasteiger partial charge < -0.3 is 15.4 Å². The van der Waals surface area contributed by atoms with Crippen LogP contribution in [0, 0.1) is 12.7 Å². The molecule has 7 heteroatoms. The van der Waals surface area contributed by atoms with Crippen molar-refractivity contribution in [2.24, 2.45) is 0 Å². The van der Waals surface area contributed by atoms with Crippen LogP contribution in [0.4, 0.5) is 10.2 Å². The number of benzene rings is 2. The highest BCUT2D eigenvalue weighted by atomic mass is 19.1. The second-order valence-electron chi connectivity index (χ2n) is 6.45. The van der Waals surface area contributed by atoms with Crippen LogP contribution in [0.2, 0.25) is 0 Å². The van der Waals surface area contributed by atoms with Crippen molar-refractivity contribution in [3.63, 3.8) is 0 Å². The van der Waals surface area contributed by atoms with Gasteiger partial charge in [-0.15, -0.1) is 0 Å². The van der Waals surface area contributed by atoms with Crippen LogP contribution in [0.1, 0.15) is 27.4 Å². The van der Waals surface area contributed by atoms with Gasteiger partial charge in [0.15, 0.2) is 0 Å². The number of hydrogen-bond acceptors (Lipinski definition) is 5. The molecule has 0 aliphatic heterocycles. The SMILES string of the molecule is COc1ccccc1CNC(=O)c1cc(NCCc2ccccc2F)nc(C)n1. The minimum absolute atomic E-state index is 0.232. The molecular weight excluding hydrogens is 371 g/mol. The molecule has 2 aromatic carbocycles. The maximum Gasteiger partial charge on any atom is 0.270 e. The first kappa shape index (κ1) is 20.3. The second kappa shape index (κ2) is 9.64. The molecule has 0 fully saturated rings. The van der Waals surface area contributed by atoms with Gasteiger partial charge in [-0.3, -0.25) is 4.79 Å². The number of carbonyl (C=O) groups is 1. The lowest BCUT2D eigenvalue weighted by Crippen LogP contribution is -2.25. The van der Waals surface area contributed by atoms with Gasteiger partial charge in [0.1, 0.15) is 28.9 Å². The van der Waals surface area contributed by atoms with Crippen molar-refractivity contribution in [1.82, 2.24) is 15.3 Å². The molecular formula is C22H23FN4O2. The van der Waals surface area contributed by atoms with Gasteiger partial charge in [0.05, 0.1) is 7.11 Å². The van der Waals surface area contributed by atoms with Crippen molar-refractivity contribution in [3.8, 4) is 5.75 Å². The van der Waals surface area contributed by atoms with Gasteiger partial charge in [0, 0.05) is 24.7 Å². The number of hydrogen-bond donors (Lipinski definition) is 2. The normalized spacial score (nSPS) is 10.4. The fraction of sp³-hybridized carbons (Fsp3) is 0.227. The summed E-state index contributed by atoms with van der Waals surface area (Å²) >= 11 is 0. The Kier molecular flexibility index (Phi) is 6.73. The Labute approximate surface area is 169 Å². The first-order chi connectivity index (χ1) is 14.1. The number of nitrogens with zero attached hydrogens (tertiary/aromatic N) is 2. The van der Waals surface area contributed by atoms with Gasteiger partial charge >= 0.3 is 0 Å². The minimum Gasteiger partial charge on any atom is -0.496 e. The van der Waals surface area contributed by atoms with E-state index in [0.29, 0.717) is 42.5 Å². The molecule has 3 rings (SSSR count). The molecule has 2 N–H and O–H groups in total. The van der Waals surface area contributed by atoms with E-state index in [2.05, 4.69) is 20.6 Å². The Bertz CT molecular complexity index is 994. The Hall–Kier alpha value is -3.48. The summed E-state index contributed by atoms with van der Waals surface area (Å²) in [6.07, 6.45) is 0.505. The third-order valence-electron chi connectivity index (χ3n) is 4.36. The van der Waals surface area contributed by atoms with Gasteiger partial charge in [-0.05, 0) is 31.0 Å². The van der Waals surface area contributed by atoms with E-state index < -0.39 is 0 Å². The van der Waals surface area contributed by atoms with Crippen LogP contribution in [-0.4, -0.2) is 29.5 Å². The lowest BCUT2D eigenvalue weighted by molar-refractivity contribution is 0.0945. The number of halogens is 1. The fourth-order valence-corrected chi connectivity index (χ4v) is 2.92. The molecule has 1 heterocycles. The number of amides is 1. The van der Waals surface area contributed by atoms with Crippen LogP contribution < -0.4 is 15.4 Å². The number of aromatic nitrogens is 2. The van der Waals surface area contributed by atoms with Gasteiger partial charge in [-0.2, -0.15) is 0 Å². The highest BCUT2D eigenvalue weighted by Gasteiger charge is 2.12. The zero-order chi connectivity index (χ0) is 20.6. The summed E-state index contributed by atoms with van der Waals surface area (Å²) in [6.45, 7) is 2.53. The van der Waals surface area contributed by atoms with Gasteiger partial charge in [0.2, 0.25) is 0 Å². The van der Waals surface area contributed by atoms with Crippen molar-refractivity contribution in [1.29, 1.82) is 0 Å². The van der Waals surface area contributed by atoms with Crippen LogP contribution >= 0.6 is 0 Å². The Morgan fingerprint density at radius 1 is 1.07 bits per heavy atom. The zero-order valence-corrected chi connectivity index (χ0v) is 16.4. The number of rotatable bonds is 8. The molecule has 3 aromatic rings. The Morgan fingerprint density at radius 3 is 2.55 bits per heavy atom. The number of aryl methyl sites for hydroxylation is 1. The van der Waals surface area contributed by atoms with Crippen molar-refractivity contribution < 1.29 is 13.9 Å². The zero-order valence-electron chi connectivity index (χ0n) is 16.4. The van der Waals surface area contributed by atoms with Crippen LogP contribution in [0.25, 0.3) is 0 Å². The van der Waals surface area contributed by atoms with E-state index in [-0.39, 0.29) is 17.4 Å². The molecule has 0 saturated carbocycles. The summed E-state index contributed by atoms with van der Waals surface area (Å²) in [6, 6.07) is 15.7. The fourth-order valence-electron chi connectivity index (χ4n) is 2.92. The van der Waals surface area contributed by atoms with Gasteiger partial charge in [-0.25, -0.2) is 14.4 Å². The van der Waals surface area contributed by atoms with E-state index >= 15 is 0 Å². The van der Waals surface area contributed by atoms with Crippen molar-refractivity contribution >= 4 is 11.7 Å². The molecule has 0 aliphatic rings. The molecule has 6 nitrogen and oxygen atoms in total. The van der Waals surface area contributed by atoms with E-state index in [0.717, 1.165) is 5.56 Å². The summed E-state index contributed by atoms with van der Waals surface area (Å²) in [7, 11) is 1.59. The number of carbonyl (C=O) groups excluding carboxylic acids is 1. The third kappa shape index (κ3) is 5.51. The minimum atomic E-state index is -0.307. The van der Waals surface area contributed by atoms with E-state index in [1.54, 1.807) is 38.3 Å². The van der Waals surface area contributed by atoms with Crippen LogP contribution in [-0.2, 0) is 13.0 Å². The van der Waals surface area contributed by atoms with Gasteiger partial charge in [-0.1, -0.05) is 36.4 Å². The number of anilines is 1. The summed E-state index contributed by atoms with van der Waals surface area (Å²) < 4.78 is 19.0. The molecule has 0 unspecified atom stereocenters. The first-order valence-corrected chi connectivity index (χ1v) is 9.30. The van der Waals surface area contributed by atoms with Crippen molar-refractivity contribution in [3.05, 3.63) is 83.1 Å². The number of methoxy groups -OCH3 is 1. The van der Waals surface area contributed by atoms with Crippen LogP contribution in [0.3, 0.4) is 0 Å². The Morgan fingerprint density at radius 2 is 1.79 bits per heavy atom. The number of ether oxygens (including phenoxy) is 1. The molecule has 0 aliphatic carbocycles. The van der Waals surface area contributed by atoms with Crippen molar-refractivity contribution in [2.45, 2.75) is 19.9 Å². The smallest absolute Gasteiger partial charge is 0.270 e. The molecule has 0 bridgehead atoms. The quantitative estimate of drug-likeness (QED) is 0.611. The Balaban J connectivity index is 1.62. The lowest BCUT2D eigenvalue weighted by atomic mass is 10.1. The molecule has 1 aromatic heterocycles. The summed E-state index contributed by atoms with van der Waals surface area (Å²) in [5.41, 5.74) is 1.76. The highest BCUT2D eigenvalue weighted by molar-refractivity contribution is 5.92. The summed E-state index contributed by atoms with van der Waals surface area (Å²) in [5, 5.41) is 5.98. The van der Waals surface area contributed by atoms with E-state index in [9.17, 15) is 9.18 Å². The first-order valence-electron chi connectivity index (χ1n) is 9.30. The lowest BCUT2D eigenvalue weighted by Gasteiger charge is -2.11. The molecule has 0 radical (unpaired) electrons. The predicted octanol–water partition coefficient (Wildman–Crippen LogP) is 3.52. The topological polar surface area (TPSA) is 76.1 Å². The molecule has 0 spiro atoms. The maximum atomic E-state index is 13.7. The van der Waals surface area contributed by atoms with E-state index in [1.165, 1.54) is 6.07 Å².